The highest BCUT2D eigenvalue weighted by Crippen LogP contribution is 2.66. The Morgan fingerprint density at radius 1 is 0.909 bits per heavy atom. The molecule has 3 heteroatoms. The molecule has 172 valence electrons. The molecule has 4 bridgehead atoms. The van der Waals surface area contributed by atoms with Crippen molar-refractivity contribution in [3.05, 3.63) is 76.8 Å². The van der Waals surface area contributed by atoms with Gasteiger partial charge in [0.2, 0.25) is 0 Å². The summed E-state index contributed by atoms with van der Waals surface area (Å²) in [7, 11) is 0. The Morgan fingerprint density at radius 2 is 1.70 bits per heavy atom. The first-order chi connectivity index (χ1) is 15.8. The van der Waals surface area contributed by atoms with Crippen LogP contribution >= 0.6 is 11.6 Å². The van der Waals surface area contributed by atoms with E-state index >= 15 is 0 Å². The molecule has 2 unspecified atom stereocenters. The fraction of sp³-hybridized carbons (Fsp3) is 0.467. The lowest BCUT2D eigenvalue weighted by Gasteiger charge is -2.65. The van der Waals surface area contributed by atoms with Gasteiger partial charge >= 0.3 is 0 Å². The van der Waals surface area contributed by atoms with Gasteiger partial charge in [-0.25, -0.2) is 0 Å². The van der Waals surface area contributed by atoms with Gasteiger partial charge in [0.25, 0.3) is 0 Å². The highest BCUT2D eigenvalue weighted by molar-refractivity contribution is 6.30. The molecule has 0 heterocycles. The molecule has 0 radical (unpaired) electrons. The molecule has 3 aromatic rings. The second kappa shape index (κ2) is 7.75. The molecule has 4 fully saturated rings. The van der Waals surface area contributed by atoms with Gasteiger partial charge in [0.05, 0.1) is 0 Å². The molecule has 4 aliphatic carbocycles. The second-order valence-corrected chi connectivity index (χ2v) is 12.4. The van der Waals surface area contributed by atoms with Crippen molar-refractivity contribution in [1.29, 1.82) is 0 Å². The normalized spacial score (nSPS) is 32.4. The number of ether oxygens (including phenoxy) is 1. The van der Waals surface area contributed by atoms with Crippen LogP contribution in [0.5, 0.6) is 5.75 Å². The van der Waals surface area contributed by atoms with Gasteiger partial charge in [-0.2, -0.15) is 0 Å². The zero-order valence-corrected chi connectivity index (χ0v) is 20.5. The summed E-state index contributed by atoms with van der Waals surface area (Å²) in [5.41, 5.74) is 3.65. The largest absolute Gasteiger partial charge is 0.489 e. The Morgan fingerprint density at radius 3 is 2.45 bits per heavy atom. The molecule has 7 rings (SSSR count). The lowest BCUT2D eigenvalue weighted by atomic mass is 9.43. The van der Waals surface area contributed by atoms with Crippen LogP contribution in [0.2, 0.25) is 5.02 Å². The maximum Gasteiger partial charge on any atom is 0.124 e. The third kappa shape index (κ3) is 4.06. The third-order valence-corrected chi connectivity index (χ3v) is 8.78. The van der Waals surface area contributed by atoms with E-state index in [9.17, 15) is 0 Å². The Kier molecular flexibility index (Phi) is 5.05. The Labute approximate surface area is 202 Å². The summed E-state index contributed by atoms with van der Waals surface area (Å²) in [5.74, 6) is 1.86. The molecular weight excluding hydrogens is 426 g/mol. The molecule has 4 saturated carbocycles. The van der Waals surface area contributed by atoms with E-state index in [1.165, 1.54) is 54.9 Å². The molecule has 0 aliphatic heterocycles. The summed E-state index contributed by atoms with van der Waals surface area (Å²) in [5, 5.41) is 7.44. The highest BCUT2D eigenvalue weighted by atomic mass is 35.5. The smallest absolute Gasteiger partial charge is 0.124 e. The number of hydrogen-bond donors (Lipinski definition) is 1. The Bertz CT molecular complexity index is 1180. The number of fused-ring (bicyclic) bond motifs is 1. The molecule has 0 amide bonds. The first-order valence-electron chi connectivity index (χ1n) is 12.5. The molecule has 1 N–H and O–H groups in total. The molecule has 0 saturated heterocycles. The number of rotatable bonds is 6. The van der Waals surface area contributed by atoms with Crippen molar-refractivity contribution in [2.24, 2.45) is 16.7 Å². The fourth-order valence-electron chi connectivity index (χ4n) is 8.34. The number of benzene rings is 3. The van der Waals surface area contributed by atoms with E-state index in [-0.39, 0.29) is 5.54 Å². The molecule has 4 aliphatic rings. The Balaban J connectivity index is 1.29. The summed E-state index contributed by atoms with van der Waals surface area (Å²) in [4.78, 5) is 0. The van der Waals surface area contributed by atoms with Crippen LogP contribution in [0.15, 0.2) is 60.7 Å². The summed E-state index contributed by atoms with van der Waals surface area (Å²) in [6, 6.07) is 21.0. The van der Waals surface area contributed by atoms with Crippen LogP contribution in [-0.4, -0.2) is 5.54 Å². The first kappa shape index (κ1) is 21.5. The van der Waals surface area contributed by atoms with Crippen molar-refractivity contribution in [3.63, 3.8) is 0 Å². The van der Waals surface area contributed by atoms with Crippen molar-refractivity contribution in [2.75, 3.05) is 0 Å². The van der Waals surface area contributed by atoms with Crippen LogP contribution in [0.1, 0.15) is 63.5 Å². The minimum Gasteiger partial charge on any atom is -0.489 e. The van der Waals surface area contributed by atoms with Crippen molar-refractivity contribution < 1.29 is 4.74 Å². The van der Waals surface area contributed by atoms with Gasteiger partial charge in [-0.05, 0) is 89.8 Å². The van der Waals surface area contributed by atoms with Gasteiger partial charge in [0, 0.05) is 22.7 Å². The maximum absolute atomic E-state index is 6.40. The van der Waals surface area contributed by atoms with Crippen molar-refractivity contribution >= 4 is 22.4 Å². The van der Waals surface area contributed by atoms with Gasteiger partial charge in [-0.3, -0.25) is 0 Å². The van der Waals surface area contributed by atoms with E-state index in [0.29, 0.717) is 17.4 Å². The van der Waals surface area contributed by atoms with Crippen LogP contribution < -0.4 is 10.1 Å². The predicted octanol–water partition coefficient (Wildman–Crippen LogP) is 7.91. The number of nitrogens with one attached hydrogen (secondary N) is 1. The molecule has 33 heavy (non-hydrogen) atoms. The zero-order valence-electron chi connectivity index (χ0n) is 19.8. The van der Waals surface area contributed by atoms with E-state index in [0.717, 1.165) is 28.8 Å². The van der Waals surface area contributed by atoms with Crippen LogP contribution in [0.4, 0.5) is 0 Å². The van der Waals surface area contributed by atoms with Gasteiger partial charge in [0.1, 0.15) is 12.4 Å². The summed E-state index contributed by atoms with van der Waals surface area (Å²) in [6.07, 6.45) is 8.22. The summed E-state index contributed by atoms with van der Waals surface area (Å²) in [6.45, 7) is 6.47. The molecule has 2 nitrogen and oxygen atoms in total. The van der Waals surface area contributed by atoms with Crippen LogP contribution in [-0.2, 0) is 13.2 Å². The topological polar surface area (TPSA) is 21.3 Å². The minimum atomic E-state index is 0.268. The summed E-state index contributed by atoms with van der Waals surface area (Å²) < 4.78 is 6.40. The van der Waals surface area contributed by atoms with Gasteiger partial charge in [0.15, 0.2) is 0 Å². The predicted molar refractivity (Wildman–Crippen MR) is 137 cm³/mol. The average Bonchev–Trinajstić information content (AvgIpc) is 2.74. The van der Waals surface area contributed by atoms with E-state index < -0.39 is 0 Å². The van der Waals surface area contributed by atoms with Crippen molar-refractivity contribution in [3.8, 4) is 5.75 Å². The van der Waals surface area contributed by atoms with Crippen LogP contribution in [0, 0.1) is 16.7 Å². The van der Waals surface area contributed by atoms with E-state index in [2.05, 4.69) is 61.6 Å². The van der Waals surface area contributed by atoms with Crippen LogP contribution in [0.3, 0.4) is 0 Å². The maximum atomic E-state index is 6.40. The fourth-order valence-corrected chi connectivity index (χ4v) is 8.55. The second-order valence-electron chi connectivity index (χ2n) is 11.9. The van der Waals surface area contributed by atoms with Crippen molar-refractivity contribution in [2.45, 2.75) is 71.1 Å². The first-order valence-corrected chi connectivity index (χ1v) is 12.8. The lowest BCUT2D eigenvalue weighted by molar-refractivity contribution is -0.118. The molecule has 0 aromatic heterocycles. The van der Waals surface area contributed by atoms with E-state index in [4.69, 9.17) is 16.3 Å². The van der Waals surface area contributed by atoms with E-state index in [1.54, 1.807) is 0 Å². The van der Waals surface area contributed by atoms with Crippen molar-refractivity contribution in [1.82, 2.24) is 5.32 Å². The number of halogens is 1. The molecule has 0 spiro atoms. The van der Waals surface area contributed by atoms with Gasteiger partial charge < -0.3 is 10.1 Å². The quantitative estimate of drug-likeness (QED) is 0.404. The average molecular weight is 460 g/mol. The zero-order chi connectivity index (χ0) is 22.7. The SMILES string of the molecule is C[C@]12CC3CC(NCc4c(OCc5cccc(Cl)c5)ccc5ccccc45)(C1)C[C@@](C)(C3)C2. The minimum absolute atomic E-state index is 0.268. The third-order valence-electron chi connectivity index (χ3n) is 8.55. The molecule has 4 atom stereocenters. The molecular formula is C30H34ClNO. The lowest BCUT2D eigenvalue weighted by Crippen LogP contribution is -2.63. The van der Waals surface area contributed by atoms with Gasteiger partial charge in [-0.1, -0.05) is 67.9 Å². The number of hydrogen-bond acceptors (Lipinski definition) is 2. The van der Waals surface area contributed by atoms with E-state index in [1.807, 2.05) is 18.2 Å². The van der Waals surface area contributed by atoms with Gasteiger partial charge in [-0.15, -0.1) is 0 Å². The monoisotopic (exact) mass is 459 g/mol. The van der Waals surface area contributed by atoms with Crippen LogP contribution in [0.25, 0.3) is 10.8 Å². The highest BCUT2D eigenvalue weighted by Gasteiger charge is 2.59. The summed E-state index contributed by atoms with van der Waals surface area (Å²) >= 11 is 6.19. The Hall–Kier alpha value is -2.03. The standard InChI is InChI=1S/C30H34ClNO/c1-28-13-22-14-29(2,18-28)20-30(15-22,19-28)32-16-26-25-9-4-3-7-23(25)10-11-27(26)33-17-21-6-5-8-24(31)12-21/h3-12,22,32H,13-20H2,1-2H3/t22?,28-,29+,30?. The molecule has 3 aromatic carbocycles.